The van der Waals surface area contributed by atoms with Crippen molar-refractivity contribution >= 4 is 57.4 Å². The number of carbonyl (C=O) groups is 4. The Labute approximate surface area is 354 Å². The zero-order valence-corrected chi connectivity index (χ0v) is 34.0. The first kappa shape index (κ1) is 40.2. The molecule has 3 atom stereocenters. The fraction of sp³-hybridized carbons (Fsp3) is 0.524. The Kier molecular flexibility index (Phi) is 10.9. The van der Waals surface area contributed by atoms with Crippen molar-refractivity contribution in [1.29, 1.82) is 0 Å². The number of benzene rings is 1. The molecule has 62 heavy (non-hydrogen) atoms. The Morgan fingerprint density at radius 3 is 2.45 bits per heavy atom. The van der Waals surface area contributed by atoms with Gasteiger partial charge >= 0.3 is 0 Å². The molecule has 326 valence electrons. The number of nitrogens with zero attached hydrogens (tertiary/aromatic N) is 9. The van der Waals surface area contributed by atoms with Gasteiger partial charge in [0, 0.05) is 70.0 Å². The second-order valence-corrected chi connectivity index (χ2v) is 17.2. The van der Waals surface area contributed by atoms with E-state index in [1.165, 1.54) is 16.9 Å². The van der Waals surface area contributed by atoms with Gasteiger partial charge in [0.25, 0.3) is 12.3 Å². The molecule has 1 aromatic carbocycles. The lowest BCUT2D eigenvalue weighted by atomic mass is 9.85. The molecule has 2 bridgehead atoms. The Bertz CT molecular complexity index is 2490. The zero-order valence-electron chi connectivity index (χ0n) is 34.0. The number of carbonyl (C=O) groups excluding carboxylic acids is 4. The van der Waals surface area contributed by atoms with Crippen LogP contribution in [0.1, 0.15) is 91.5 Å². The minimum atomic E-state index is -2.87. The number of ether oxygens (including phenoxy) is 1. The predicted molar refractivity (Wildman–Crippen MR) is 220 cm³/mol. The monoisotopic (exact) mass is 854 g/mol. The third-order valence-corrected chi connectivity index (χ3v) is 13.1. The molecule has 20 heteroatoms. The van der Waals surface area contributed by atoms with Crippen LogP contribution in [0.5, 0.6) is 0 Å². The summed E-state index contributed by atoms with van der Waals surface area (Å²) in [5, 5.41) is 21.3. The minimum absolute atomic E-state index is 0.0205. The highest BCUT2D eigenvalue weighted by molar-refractivity contribution is 6.08. The van der Waals surface area contributed by atoms with E-state index in [0.717, 1.165) is 90.2 Å². The minimum Gasteiger partial charge on any atom is -0.371 e. The summed E-state index contributed by atoms with van der Waals surface area (Å²) in [7, 11) is 0. The number of hydrogen-bond acceptors (Lipinski definition) is 13. The predicted octanol–water partition coefficient (Wildman–Crippen LogP) is 4.13. The van der Waals surface area contributed by atoms with Crippen LogP contribution >= 0.6 is 0 Å². The van der Waals surface area contributed by atoms with Crippen LogP contribution in [0.25, 0.3) is 16.6 Å². The molecule has 3 unspecified atom stereocenters. The average Bonchev–Trinajstić information content (AvgIpc) is 4.07. The highest BCUT2D eigenvalue weighted by atomic mass is 19.3. The molecule has 18 nitrogen and oxygen atoms in total. The molecule has 8 heterocycles. The number of para-hydroxylation sites is 1. The number of halogens is 2. The second kappa shape index (κ2) is 16.8. The van der Waals surface area contributed by atoms with Crippen LogP contribution in [0.4, 0.5) is 26.0 Å². The maximum absolute atomic E-state index is 14.3. The average molecular weight is 855 g/mol. The van der Waals surface area contributed by atoms with Gasteiger partial charge in [-0.1, -0.05) is 11.2 Å². The van der Waals surface area contributed by atoms with E-state index in [2.05, 4.69) is 46.0 Å². The van der Waals surface area contributed by atoms with Gasteiger partial charge in [0.05, 0.1) is 48.3 Å². The number of alkyl halides is 2. The van der Waals surface area contributed by atoms with Gasteiger partial charge in [-0.15, -0.1) is 0 Å². The molecule has 3 N–H and O–H groups in total. The number of aromatic nitrogens is 6. The summed E-state index contributed by atoms with van der Waals surface area (Å²) in [4.78, 5) is 62.3. The summed E-state index contributed by atoms with van der Waals surface area (Å²) in [6, 6.07) is 7.09. The molecule has 5 fully saturated rings. The van der Waals surface area contributed by atoms with E-state index in [4.69, 9.17) is 14.2 Å². The summed E-state index contributed by atoms with van der Waals surface area (Å²) in [6.07, 6.45) is 8.12. The molecule has 5 aliphatic rings. The van der Waals surface area contributed by atoms with Crippen molar-refractivity contribution in [3.63, 3.8) is 0 Å². The van der Waals surface area contributed by atoms with Crippen molar-refractivity contribution in [2.75, 3.05) is 67.9 Å². The highest BCUT2D eigenvalue weighted by Gasteiger charge is 2.36. The van der Waals surface area contributed by atoms with Crippen LogP contribution in [-0.2, 0) is 19.1 Å². The lowest BCUT2D eigenvalue weighted by molar-refractivity contribution is -0.134. The molecule has 1 aliphatic carbocycles. The van der Waals surface area contributed by atoms with Crippen molar-refractivity contribution in [3.8, 4) is 0 Å². The summed E-state index contributed by atoms with van der Waals surface area (Å²) >= 11 is 0. The standard InChI is InChI=1S/C42H48F2N12O6/c43-39(44)37-32(47-42(60)30-18-45-55-13-12-33(48-40(30)55)54-20-26-8-9-27(21-54)61-26)22-56(50-37)25-6-4-24(5-7-25)19-52-14-16-53(17-15-52)23-35(58)46-31-3-1-2-28-36(51-62-38(28)31)29-10-11-34(57)49-41(29)59/h1-3,12-13,18,22,24-27,29,39H,4-11,14-17,19-21,23H2,(H,46,58)(H,47,60)(H,49,57,59)/t24-,25-,26?,27?,29?. The third-order valence-electron chi connectivity index (χ3n) is 13.1. The molecule has 5 aromatic rings. The number of morpholine rings is 1. The maximum atomic E-state index is 14.3. The quantitative estimate of drug-likeness (QED) is 0.161. The van der Waals surface area contributed by atoms with E-state index >= 15 is 0 Å². The molecule has 1 saturated carbocycles. The number of hydrogen-bond donors (Lipinski definition) is 3. The first-order chi connectivity index (χ1) is 30.1. The van der Waals surface area contributed by atoms with Gasteiger partial charge in [-0.2, -0.15) is 10.2 Å². The summed E-state index contributed by atoms with van der Waals surface area (Å²) < 4.78 is 43.3. The SMILES string of the molecule is O=C1CCC(c2noc3c(NC(=O)CN4CCN(C[C@H]5CC[C@H](n6cc(NC(=O)c7cnn8ccc(N9CC%10CCC(C9)O%10)nc78)c(C(F)F)n6)CC5)CC4)cccc23)C(=O)N1. The molecule has 10 rings (SSSR count). The Morgan fingerprint density at radius 2 is 1.69 bits per heavy atom. The number of piperidine rings is 1. The van der Waals surface area contributed by atoms with E-state index < -0.39 is 29.9 Å². The van der Waals surface area contributed by atoms with Crippen LogP contribution in [0.3, 0.4) is 0 Å². The van der Waals surface area contributed by atoms with Crippen molar-refractivity contribution in [1.82, 2.24) is 44.7 Å². The van der Waals surface area contributed by atoms with Crippen LogP contribution in [0.15, 0.2) is 47.4 Å². The van der Waals surface area contributed by atoms with Gasteiger partial charge in [0.1, 0.15) is 17.1 Å². The molecular weight excluding hydrogens is 807 g/mol. The van der Waals surface area contributed by atoms with Crippen molar-refractivity contribution < 1.29 is 37.2 Å². The third kappa shape index (κ3) is 8.13. The van der Waals surface area contributed by atoms with Crippen LogP contribution in [-0.4, -0.2) is 128 Å². The first-order valence-electron chi connectivity index (χ1n) is 21.5. The van der Waals surface area contributed by atoms with Crippen molar-refractivity contribution in [2.24, 2.45) is 5.92 Å². The van der Waals surface area contributed by atoms with Gasteiger partial charge in [-0.25, -0.2) is 18.3 Å². The van der Waals surface area contributed by atoms with Crippen LogP contribution < -0.4 is 20.9 Å². The van der Waals surface area contributed by atoms with Gasteiger partial charge in [0.2, 0.25) is 17.7 Å². The fourth-order valence-corrected chi connectivity index (χ4v) is 9.80. The number of fused-ring (bicyclic) bond motifs is 4. The van der Waals surface area contributed by atoms with E-state index in [-0.39, 0.29) is 54.3 Å². The van der Waals surface area contributed by atoms with E-state index in [1.54, 1.807) is 29.1 Å². The van der Waals surface area contributed by atoms with Crippen molar-refractivity contribution in [3.05, 3.63) is 59.8 Å². The van der Waals surface area contributed by atoms with Gasteiger partial charge in [-0.05, 0) is 69.1 Å². The van der Waals surface area contributed by atoms with Crippen LogP contribution in [0, 0.1) is 5.92 Å². The number of anilines is 3. The fourth-order valence-electron chi connectivity index (χ4n) is 9.80. The number of imide groups is 1. The first-order valence-corrected chi connectivity index (χ1v) is 21.5. The molecule has 0 spiro atoms. The summed E-state index contributed by atoms with van der Waals surface area (Å²) in [5.74, 6) is -0.910. The maximum Gasteiger partial charge on any atom is 0.284 e. The largest absolute Gasteiger partial charge is 0.371 e. The number of rotatable bonds is 11. The lowest BCUT2D eigenvalue weighted by Gasteiger charge is -2.38. The van der Waals surface area contributed by atoms with Gasteiger partial charge in [0.15, 0.2) is 16.9 Å². The number of nitrogens with one attached hydrogen (secondary N) is 3. The number of amides is 4. The Hall–Kier alpha value is -5.86. The molecular formula is C42H48F2N12O6. The molecule has 0 radical (unpaired) electrons. The Morgan fingerprint density at radius 1 is 0.919 bits per heavy atom. The van der Waals surface area contributed by atoms with Gasteiger partial charge in [-0.3, -0.25) is 34.1 Å². The lowest BCUT2D eigenvalue weighted by Crippen LogP contribution is -2.49. The van der Waals surface area contributed by atoms with E-state index in [1.807, 2.05) is 6.07 Å². The summed E-state index contributed by atoms with van der Waals surface area (Å²) in [6.45, 7) is 5.67. The van der Waals surface area contributed by atoms with Gasteiger partial charge < -0.3 is 29.7 Å². The van der Waals surface area contributed by atoms with Crippen molar-refractivity contribution in [2.45, 2.75) is 82.0 Å². The smallest absolute Gasteiger partial charge is 0.284 e. The van der Waals surface area contributed by atoms with E-state index in [9.17, 15) is 28.0 Å². The molecule has 4 aliphatic heterocycles. The zero-order chi connectivity index (χ0) is 42.5. The normalized spacial score (nSPS) is 24.9. The number of piperazine rings is 1. The second-order valence-electron chi connectivity index (χ2n) is 17.2. The highest BCUT2D eigenvalue weighted by Crippen LogP contribution is 2.37. The molecule has 4 saturated heterocycles. The van der Waals surface area contributed by atoms with Crippen LogP contribution in [0.2, 0.25) is 0 Å². The van der Waals surface area contributed by atoms with E-state index in [0.29, 0.717) is 40.3 Å². The molecule has 4 amide bonds. The summed E-state index contributed by atoms with van der Waals surface area (Å²) in [5.41, 5.74) is 1.35. The topological polar surface area (TPSA) is 197 Å². The Balaban J connectivity index is 0.699. The molecule has 4 aromatic heterocycles.